The summed E-state index contributed by atoms with van der Waals surface area (Å²) >= 11 is 0. The number of hydrogen-bond donors (Lipinski definition) is 1. The zero-order valence-electron chi connectivity index (χ0n) is 11.3. The van der Waals surface area contributed by atoms with Gasteiger partial charge in [-0.05, 0) is 19.3 Å². The topological polar surface area (TPSA) is 84.9 Å². The largest absolute Gasteiger partial charge is 0.468 e. The fraction of sp³-hybridized carbons (Fsp3) is 0.750. The summed E-state index contributed by atoms with van der Waals surface area (Å²) in [6.07, 6.45) is 1.59. The monoisotopic (exact) mass is 272 g/mol. The standard InChI is InChI=1S/C12H20N2O5/c1-3-7-19-12(17)14-6-4-5-9(14)11(16)13-8-10(15)18-2/h9H,3-8H2,1-2H3,(H,13,16). The first-order chi connectivity index (χ1) is 9.10. The number of carbonyl (C=O) groups excluding carboxylic acids is 3. The Hall–Kier alpha value is -1.79. The number of nitrogens with zero attached hydrogens (tertiary/aromatic N) is 1. The van der Waals surface area contributed by atoms with Crippen molar-refractivity contribution in [3.8, 4) is 0 Å². The van der Waals surface area contributed by atoms with Gasteiger partial charge in [-0.3, -0.25) is 14.5 Å². The van der Waals surface area contributed by atoms with Crippen LogP contribution in [0.5, 0.6) is 0 Å². The molecule has 0 radical (unpaired) electrons. The summed E-state index contributed by atoms with van der Waals surface area (Å²) in [5.74, 6) is -0.872. The molecule has 1 atom stereocenters. The summed E-state index contributed by atoms with van der Waals surface area (Å²) in [6, 6.07) is -0.561. The van der Waals surface area contributed by atoms with Crippen LogP contribution in [0.15, 0.2) is 0 Å². The molecule has 1 unspecified atom stereocenters. The Kier molecular flexibility index (Phi) is 6.11. The molecule has 108 valence electrons. The summed E-state index contributed by atoms with van der Waals surface area (Å²) < 4.78 is 9.45. The molecule has 7 heteroatoms. The molecule has 1 aliphatic rings. The van der Waals surface area contributed by atoms with Crippen molar-refractivity contribution >= 4 is 18.0 Å². The van der Waals surface area contributed by atoms with Crippen LogP contribution in [0.1, 0.15) is 26.2 Å². The van der Waals surface area contributed by atoms with Crippen LogP contribution in [0.25, 0.3) is 0 Å². The molecule has 2 amide bonds. The van der Waals surface area contributed by atoms with Gasteiger partial charge in [0.05, 0.1) is 13.7 Å². The molecular formula is C12H20N2O5. The number of rotatable bonds is 5. The van der Waals surface area contributed by atoms with Crippen LogP contribution in [0.2, 0.25) is 0 Å². The third kappa shape index (κ3) is 4.42. The molecule has 1 fully saturated rings. The highest BCUT2D eigenvalue weighted by molar-refractivity contribution is 5.88. The second-order valence-corrected chi connectivity index (χ2v) is 4.26. The van der Waals surface area contributed by atoms with Crippen molar-refractivity contribution in [3.63, 3.8) is 0 Å². The van der Waals surface area contributed by atoms with Crippen molar-refractivity contribution in [3.05, 3.63) is 0 Å². The number of esters is 1. The first-order valence-electron chi connectivity index (χ1n) is 6.38. The Labute approximate surface area is 112 Å². The Bertz CT molecular complexity index is 345. The molecule has 0 saturated carbocycles. The number of amides is 2. The van der Waals surface area contributed by atoms with Crippen LogP contribution in [-0.4, -0.2) is 55.7 Å². The third-order valence-electron chi connectivity index (χ3n) is 2.85. The number of carbonyl (C=O) groups is 3. The Morgan fingerprint density at radius 1 is 1.37 bits per heavy atom. The number of likely N-dealkylation sites (tertiary alicyclic amines) is 1. The smallest absolute Gasteiger partial charge is 0.410 e. The average Bonchev–Trinajstić information content (AvgIpc) is 2.91. The molecule has 19 heavy (non-hydrogen) atoms. The fourth-order valence-corrected chi connectivity index (χ4v) is 1.88. The van der Waals surface area contributed by atoms with E-state index >= 15 is 0 Å². The van der Waals surface area contributed by atoms with Crippen molar-refractivity contribution in [2.45, 2.75) is 32.2 Å². The van der Waals surface area contributed by atoms with Crippen LogP contribution >= 0.6 is 0 Å². The van der Waals surface area contributed by atoms with E-state index in [9.17, 15) is 14.4 Å². The van der Waals surface area contributed by atoms with E-state index in [0.29, 0.717) is 19.6 Å². The van der Waals surface area contributed by atoms with Crippen LogP contribution in [0, 0.1) is 0 Å². The van der Waals surface area contributed by atoms with E-state index in [0.717, 1.165) is 12.8 Å². The summed E-state index contributed by atoms with van der Waals surface area (Å²) in [5, 5.41) is 2.45. The Balaban J connectivity index is 2.48. The van der Waals surface area contributed by atoms with E-state index < -0.39 is 18.1 Å². The van der Waals surface area contributed by atoms with E-state index in [-0.39, 0.29) is 12.5 Å². The highest BCUT2D eigenvalue weighted by Crippen LogP contribution is 2.18. The van der Waals surface area contributed by atoms with Gasteiger partial charge < -0.3 is 14.8 Å². The van der Waals surface area contributed by atoms with Gasteiger partial charge in [0.25, 0.3) is 0 Å². The van der Waals surface area contributed by atoms with Crippen molar-refractivity contribution in [2.24, 2.45) is 0 Å². The molecule has 1 rings (SSSR count). The maximum absolute atomic E-state index is 11.9. The lowest BCUT2D eigenvalue weighted by molar-refractivity contribution is -0.141. The van der Waals surface area contributed by atoms with Gasteiger partial charge in [-0.2, -0.15) is 0 Å². The third-order valence-corrected chi connectivity index (χ3v) is 2.85. The molecule has 1 saturated heterocycles. The van der Waals surface area contributed by atoms with Gasteiger partial charge in [-0.15, -0.1) is 0 Å². The molecule has 0 aliphatic carbocycles. The van der Waals surface area contributed by atoms with Crippen LogP contribution in [-0.2, 0) is 19.1 Å². The minimum Gasteiger partial charge on any atom is -0.468 e. The molecular weight excluding hydrogens is 252 g/mol. The Morgan fingerprint density at radius 3 is 2.74 bits per heavy atom. The predicted molar refractivity (Wildman–Crippen MR) is 66.4 cm³/mol. The average molecular weight is 272 g/mol. The van der Waals surface area contributed by atoms with E-state index in [2.05, 4.69) is 10.1 Å². The summed E-state index contributed by atoms with van der Waals surface area (Å²) in [7, 11) is 1.25. The van der Waals surface area contributed by atoms with Gasteiger partial charge in [-0.1, -0.05) is 6.92 Å². The molecule has 0 aromatic carbocycles. The quantitative estimate of drug-likeness (QED) is 0.727. The maximum atomic E-state index is 11.9. The zero-order valence-corrected chi connectivity index (χ0v) is 11.3. The van der Waals surface area contributed by atoms with E-state index in [1.54, 1.807) is 0 Å². The molecule has 7 nitrogen and oxygen atoms in total. The molecule has 1 heterocycles. The molecule has 0 aromatic rings. The number of ether oxygens (including phenoxy) is 2. The summed E-state index contributed by atoms with van der Waals surface area (Å²) in [6.45, 7) is 2.55. The van der Waals surface area contributed by atoms with Gasteiger partial charge in [-0.25, -0.2) is 4.79 Å². The number of nitrogens with one attached hydrogen (secondary N) is 1. The van der Waals surface area contributed by atoms with E-state index in [1.807, 2.05) is 6.92 Å². The molecule has 0 spiro atoms. The minimum absolute atomic E-state index is 0.191. The first-order valence-corrected chi connectivity index (χ1v) is 6.38. The number of methoxy groups -OCH3 is 1. The van der Waals surface area contributed by atoms with Crippen LogP contribution in [0.4, 0.5) is 4.79 Å². The van der Waals surface area contributed by atoms with E-state index in [1.165, 1.54) is 12.0 Å². The summed E-state index contributed by atoms with van der Waals surface area (Å²) in [4.78, 5) is 36.0. The molecule has 1 N–H and O–H groups in total. The number of hydrogen-bond acceptors (Lipinski definition) is 5. The van der Waals surface area contributed by atoms with Crippen molar-refractivity contribution in [2.75, 3.05) is 26.8 Å². The normalized spacial score (nSPS) is 18.0. The fourth-order valence-electron chi connectivity index (χ4n) is 1.88. The maximum Gasteiger partial charge on any atom is 0.410 e. The lowest BCUT2D eigenvalue weighted by atomic mass is 10.2. The predicted octanol–water partition coefficient (Wildman–Crippen LogP) is 0.287. The molecule has 0 aromatic heterocycles. The van der Waals surface area contributed by atoms with Crippen molar-refractivity contribution < 1.29 is 23.9 Å². The first kappa shape index (κ1) is 15.3. The highest BCUT2D eigenvalue weighted by atomic mass is 16.6. The SMILES string of the molecule is CCCOC(=O)N1CCCC1C(=O)NCC(=O)OC. The minimum atomic E-state index is -0.561. The molecule has 0 bridgehead atoms. The Morgan fingerprint density at radius 2 is 2.11 bits per heavy atom. The summed E-state index contributed by atoms with van der Waals surface area (Å²) in [5.41, 5.74) is 0. The van der Waals surface area contributed by atoms with Gasteiger partial charge in [0.2, 0.25) is 5.91 Å². The lowest BCUT2D eigenvalue weighted by Crippen LogP contribution is -2.47. The second kappa shape index (κ2) is 7.60. The van der Waals surface area contributed by atoms with Gasteiger partial charge in [0.1, 0.15) is 12.6 Å². The zero-order chi connectivity index (χ0) is 14.3. The van der Waals surface area contributed by atoms with Crippen LogP contribution < -0.4 is 5.32 Å². The van der Waals surface area contributed by atoms with Gasteiger partial charge in [0, 0.05) is 6.54 Å². The van der Waals surface area contributed by atoms with Crippen LogP contribution in [0.3, 0.4) is 0 Å². The molecule has 1 aliphatic heterocycles. The van der Waals surface area contributed by atoms with Gasteiger partial charge >= 0.3 is 12.1 Å². The van der Waals surface area contributed by atoms with Crippen molar-refractivity contribution in [1.29, 1.82) is 0 Å². The van der Waals surface area contributed by atoms with E-state index in [4.69, 9.17) is 4.74 Å². The lowest BCUT2D eigenvalue weighted by Gasteiger charge is -2.22. The second-order valence-electron chi connectivity index (χ2n) is 4.26. The van der Waals surface area contributed by atoms with Crippen molar-refractivity contribution in [1.82, 2.24) is 10.2 Å². The highest BCUT2D eigenvalue weighted by Gasteiger charge is 2.35. The van der Waals surface area contributed by atoms with Gasteiger partial charge in [0.15, 0.2) is 0 Å².